The summed E-state index contributed by atoms with van der Waals surface area (Å²) in [7, 11) is 0. The van der Waals surface area contributed by atoms with E-state index in [9.17, 15) is 18.0 Å². The van der Waals surface area contributed by atoms with Crippen molar-refractivity contribution in [1.29, 1.82) is 0 Å². The van der Waals surface area contributed by atoms with Crippen LogP contribution in [-0.2, 0) is 11.0 Å². The lowest BCUT2D eigenvalue weighted by Gasteiger charge is -2.32. The van der Waals surface area contributed by atoms with E-state index in [-0.39, 0.29) is 11.8 Å². The SMILES string of the molecule is Cc1nnc2ccc(N3CCCC(C(=O)Nc4ccc(C(F)(F)F)cc4)C3)nn12. The Balaban J connectivity index is 1.44. The first-order valence-electron chi connectivity index (χ1n) is 9.23. The molecule has 10 heteroatoms. The summed E-state index contributed by atoms with van der Waals surface area (Å²) < 4.78 is 39.7. The summed E-state index contributed by atoms with van der Waals surface area (Å²) in [5.74, 6) is 0.907. The van der Waals surface area contributed by atoms with Crippen LogP contribution in [0.3, 0.4) is 0 Å². The maximum absolute atomic E-state index is 12.7. The molecule has 1 aromatic carbocycles. The second-order valence-corrected chi connectivity index (χ2v) is 7.06. The number of halogens is 3. The molecule has 0 radical (unpaired) electrons. The molecule has 1 amide bonds. The van der Waals surface area contributed by atoms with Crippen molar-refractivity contribution in [3.05, 3.63) is 47.8 Å². The molecule has 1 aliphatic rings. The number of nitrogens with one attached hydrogen (secondary N) is 1. The predicted molar refractivity (Wildman–Crippen MR) is 101 cm³/mol. The third kappa shape index (κ3) is 4.01. The Morgan fingerprint density at radius 3 is 2.62 bits per heavy atom. The molecule has 1 saturated heterocycles. The van der Waals surface area contributed by atoms with Gasteiger partial charge in [0.2, 0.25) is 5.91 Å². The summed E-state index contributed by atoms with van der Waals surface area (Å²) in [4.78, 5) is 14.7. The lowest BCUT2D eigenvalue weighted by atomic mass is 9.97. The molecule has 3 aromatic rings. The zero-order valence-corrected chi connectivity index (χ0v) is 15.6. The van der Waals surface area contributed by atoms with E-state index in [1.807, 2.05) is 24.0 Å². The van der Waals surface area contributed by atoms with Gasteiger partial charge in [-0.05, 0) is 56.2 Å². The molecule has 0 aliphatic carbocycles. The molecular weight excluding hydrogens is 385 g/mol. The van der Waals surface area contributed by atoms with Crippen molar-refractivity contribution in [3.63, 3.8) is 0 Å². The smallest absolute Gasteiger partial charge is 0.354 e. The van der Waals surface area contributed by atoms with Crippen LogP contribution in [0.4, 0.5) is 24.7 Å². The molecule has 1 unspecified atom stereocenters. The van der Waals surface area contributed by atoms with Crippen molar-refractivity contribution in [2.24, 2.45) is 5.92 Å². The van der Waals surface area contributed by atoms with Gasteiger partial charge in [-0.1, -0.05) is 0 Å². The van der Waals surface area contributed by atoms with Crippen molar-refractivity contribution in [2.45, 2.75) is 25.9 Å². The standard InChI is InChI=1S/C19H19F3N6O/c1-12-24-25-16-8-9-17(26-28(12)16)27-10-2-3-13(11-27)18(29)23-15-6-4-14(5-7-15)19(20,21)22/h4-9,13H,2-3,10-11H2,1H3,(H,23,29). The third-order valence-electron chi connectivity index (χ3n) is 5.00. The molecule has 4 rings (SSSR count). The van der Waals surface area contributed by atoms with Gasteiger partial charge in [0, 0.05) is 18.8 Å². The van der Waals surface area contributed by atoms with Gasteiger partial charge in [-0.2, -0.15) is 17.7 Å². The number of hydrogen-bond acceptors (Lipinski definition) is 5. The molecule has 29 heavy (non-hydrogen) atoms. The van der Waals surface area contributed by atoms with Crippen LogP contribution < -0.4 is 10.2 Å². The zero-order valence-electron chi connectivity index (χ0n) is 15.6. The van der Waals surface area contributed by atoms with Crippen LogP contribution in [0.5, 0.6) is 0 Å². The Labute approximate surface area is 164 Å². The summed E-state index contributed by atoms with van der Waals surface area (Å²) in [6.45, 7) is 3.06. The third-order valence-corrected chi connectivity index (χ3v) is 5.00. The van der Waals surface area contributed by atoms with Gasteiger partial charge in [0.25, 0.3) is 0 Å². The topological polar surface area (TPSA) is 75.4 Å². The molecule has 1 fully saturated rings. The van der Waals surface area contributed by atoms with Crippen LogP contribution in [0.25, 0.3) is 5.65 Å². The highest BCUT2D eigenvalue weighted by atomic mass is 19.4. The number of fused-ring (bicyclic) bond motifs is 1. The van der Waals surface area contributed by atoms with Crippen LogP contribution in [0.15, 0.2) is 36.4 Å². The lowest BCUT2D eigenvalue weighted by Crippen LogP contribution is -2.41. The Morgan fingerprint density at radius 2 is 1.90 bits per heavy atom. The van der Waals surface area contributed by atoms with Crippen LogP contribution in [0.2, 0.25) is 0 Å². The van der Waals surface area contributed by atoms with Crippen LogP contribution in [-0.4, -0.2) is 38.8 Å². The summed E-state index contributed by atoms with van der Waals surface area (Å²) in [6, 6.07) is 8.14. The van der Waals surface area contributed by atoms with Gasteiger partial charge in [-0.3, -0.25) is 4.79 Å². The highest BCUT2D eigenvalue weighted by molar-refractivity contribution is 5.93. The number of anilines is 2. The Morgan fingerprint density at radius 1 is 1.14 bits per heavy atom. The number of piperidine rings is 1. The van der Waals surface area contributed by atoms with Gasteiger partial charge in [-0.25, -0.2) is 0 Å². The summed E-state index contributed by atoms with van der Waals surface area (Å²) in [5, 5.41) is 15.3. The first-order valence-corrected chi connectivity index (χ1v) is 9.23. The number of carbonyl (C=O) groups is 1. The highest BCUT2D eigenvalue weighted by Crippen LogP contribution is 2.30. The van der Waals surface area contributed by atoms with E-state index >= 15 is 0 Å². The monoisotopic (exact) mass is 404 g/mol. The second kappa shape index (κ2) is 7.34. The number of amides is 1. The average molecular weight is 404 g/mol. The Bertz CT molecular complexity index is 1030. The number of aryl methyl sites for hydroxylation is 1. The molecule has 152 valence electrons. The summed E-state index contributed by atoms with van der Waals surface area (Å²) in [6.07, 6.45) is -2.88. The van der Waals surface area contributed by atoms with Gasteiger partial charge in [0.1, 0.15) is 5.82 Å². The Hall–Kier alpha value is -3.17. The van der Waals surface area contributed by atoms with Crippen molar-refractivity contribution >= 4 is 23.1 Å². The first kappa shape index (κ1) is 19.2. The maximum atomic E-state index is 12.7. The van der Waals surface area contributed by atoms with Crippen molar-refractivity contribution in [3.8, 4) is 0 Å². The zero-order chi connectivity index (χ0) is 20.6. The number of aromatic nitrogens is 4. The average Bonchev–Trinajstić information content (AvgIpc) is 3.08. The fourth-order valence-corrected chi connectivity index (χ4v) is 3.44. The van der Waals surface area contributed by atoms with Gasteiger partial charge < -0.3 is 10.2 Å². The van der Waals surface area contributed by atoms with Crippen molar-refractivity contribution in [1.82, 2.24) is 19.8 Å². The normalized spacial score (nSPS) is 17.5. The first-order chi connectivity index (χ1) is 13.8. The summed E-state index contributed by atoms with van der Waals surface area (Å²) in [5.41, 5.74) is 0.254. The largest absolute Gasteiger partial charge is 0.416 e. The quantitative estimate of drug-likeness (QED) is 0.725. The van der Waals surface area contributed by atoms with E-state index in [1.165, 1.54) is 12.1 Å². The Kier molecular flexibility index (Phi) is 4.85. The van der Waals surface area contributed by atoms with Crippen molar-refractivity contribution in [2.75, 3.05) is 23.3 Å². The fraction of sp³-hybridized carbons (Fsp3) is 0.368. The van der Waals surface area contributed by atoms with E-state index in [2.05, 4.69) is 20.6 Å². The van der Waals surface area contributed by atoms with Gasteiger partial charge in [0.15, 0.2) is 11.5 Å². The summed E-state index contributed by atoms with van der Waals surface area (Å²) >= 11 is 0. The van der Waals surface area contributed by atoms with Crippen LogP contribution in [0.1, 0.15) is 24.2 Å². The molecule has 2 aromatic heterocycles. The van der Waals surface area contributed by atoms with Crippen molar-refractivity contribution < 1.29 is 18.0 Å². The van der Waals surface area contributed by atoms with E-state index in [4.69, 9.17) is 0 Å². The minimum Gasteiger partial charge on any atom is -0.354 e. The number of alkyl halides is 3. The van der Waals surface area contributed by atoms with E-state index in [1.54, 1.807) is 4.52 Å². The minimum atomic E-state index is -4.40. The van der Waals surface area contributed by atoms with Gasteiger partial charge in [-0.15, -0.1) is 15.3 Å². The predicted octanol–water partition coefficient (Wildman–Crippen LogP) is 3.31. The number of hydrogen-bond donors (Lipinski definition) is 1. The number of carbonyl (C=O) groups excluding carboxylic acids is 1. The number of rotatable bonds is 3. The van der Waals surface area contributed by atoms with Crippen LogP contribution >= 0.6 is 0 Å². The number of benzene rings is 1. The molecule has 3 heterocycles. The molecule has 1 aliphatic heterocycles. The molecule has 0 saturated carbocycles. The van der Waals surface area contributed by atoms with E-state index in [0.717, 1.165) is 30.9 Å². The molecule has 0 bridgehead atoms. The lowest BCUT2D eigenvalue weighted by molar-refractivity contribution is -0.137. The van der Waals surface area contributed by atoms with E-state index in [0.29, 0.717) is 30.1 Å². The van der Waals surface area contributed by atoms with E-state index < -0.39 is 11.7 Å². The molecule has 1 atom stereocenters. The van der Waals surface area contributed by atoms with Crippen LogP contribution in [0, 0.1) is 12.8 Å². The second-order valence-electron chi connectivity index (χ2n) is 7.06. The minimum absolute atomic E-state index is 0.212. The molecule has 7 nitrogen and oxygen atoms in total. The molecular formula is C19H19F3N6O. The van der Waals surface area contributed by atoms with Gasteiger partial charge >= 0.3 is 6.18 Å². The molecule has 0 spiro atoms. The molecule has 1 N–H and O–H groups in total. The maximum Gasteiger partial charge on any atom is 0.416 e. The number of nitrogens with zero attached hydrogens (tertiary/aromatic N) is 5. The fourth-order valence-electron chi connectivity index (χ4n) is 3.44. The highest BCUT2D eigenvalue weighted by Gasteiger charge is 2.30. The van der Waals surface area contributed by atoms with Gasteiger partial charge in [0.05, 0.1) is 11.5 Å².